The Morgan fingerprint density at radius 3 is 1.28 bits per heavy atom. The van der Waals surface area contributed by atoms with Gasteiger partial charge in [0.1, 0.15) is 11.6 Å². The molecule has 0 aliphatic heterocycles. The van der Waals surface area contributed by atoms with E-state index in [9.17, 15) is 8.78 Å². The van der Waals surface area contributed by atoms with E-state index in [1.165, 1.54) is 60.1 Å². The summed E-state index contributed by atoms with van der Waals surface area (Å²) in [6, 6.07) is 18.6. The van der Waals surface area contributed by atoms with Crippen LogP contribution in [0, 0.1) is 124 Å². The summed E-state index contributed by atoms with van der Waals surface area (Å²) >= 11 is 0. The molecule has 0 radical (unpaired) electrons. The van der Waals surface area contributed by atoms with E-state index in [0.29, 0.717) is 34.1 Å². The molecule has 0 N–H and O–H groups in total. The summed E-state index contributed by atoms with van der Waals surface area (Å²) in [4.78, 5) is 0. The molecule has 6 rings (SSSR count). The van der Waals surface area contributed by atoms with E-state index in [2.05, 4.69) is 127 Å². The lowest BCUT2D eigenvalue weighted by Gasteiger charge is -2.21. The van der Waals surface area contributed by atoms with Crippen LogP contribution in [-0.2, 0) is 0 Å². The quantitative estimate of drug-likeness (QED) is 0.159. The summed E-state index contributed by atoms with van der Waals surface area (Å²) in [5, 5.41) is 0. The van der Waals surface area contributed by atoms with Crippen LogP contribution in [0.2, 0.25) is 0 Å². The predicted octanol–water partition coefficient (Wildman–Crippen LogP) is 12.7. The second kappa shape index (κ2) is 18.8. The first-order valence-electron chi connectivity index (χ1n) is 19.7. The van der Waals surface area contributed by atoms with Crippen molar-refractivity contribution >= 4 is 0 Å². The molecule has 0 spiro atoms. The molecule has 0 amide bonds. The Balaban J connectivity index is 0.000000208. The van der Waals surface area contributed by atoms with Gasteiger partial charge >= 0.3 is 0 Å². The monoisotopic (exact) mass is 716 g/mol. The summed E-state index contributed by atoms with van der Waals surface area (Å²) in [7, 11) is 0. The van der Waals surface area contributed by atoms with Crippen molar-refractivity contribution < 1.29 is 8.78 Å². The maximum Gasteiger partial charge on any atom is 0.140 e. The molecule has 4 aromatic carbocycles. The van der Waals surface area contributed by atoms with Gasteiger partial charge in [-0.2, -0.15) is 0 Å². The Hall–Kier alpha value is -5.02. The molecule has 0 bridgehead atoms. The fourth-order valence-electron chi connectivity index (χ4n) is 7.32. The first kappa shape index (κ1) is 40.2. The lowest BCUT2D eigenvalue weighted by molar-refractivity contribution is 0.337. The van der Waals surface area contributed by atoms with Crippen LogP contribution in [0.4, 0.5) is 8.78 Å². The maximum absolute atomic E-state index is 14.4. The lowest BCUT2D eigenvalue weighted by atomic mass is 9.83. The van der Waals surface area contributed by atoms with Gasteiger partial charge in [-0.15, -0.1) is 0 Å². The van der Waals surface area contributed by atoms with E-state index in [-0.39, 0.29) is 11.6 Å². The minimum absolute atomic E-state index is 0.282. The Bertz CT molecular complexity index is 2180. The normalized spacial score (nSPS) is 18.9. The molecule has 2 fully saturated rings. The van der Waals surface area contributed by atoms with Crippen LogP contribution >= 0.6 is 0 Å². The number of hydrogen-bond donors (Lipinski definition) is 0. The van der Waals surface area contributed by atoms with Gasteiger partial charge in [0.05, 0.1) is 11.1 Å². The number of aryl methyl sites for hydroxylation is 5. The summed E-state index contributed by atoms with van der Waals surface area (Å²) < 4.78 is 28.8. The minimum atomic E-state index is -0.283. The van der Waals surface area contributed by atoms with Crippen molar-refractivity contribution in [2.24, 2.45) is 23.7 Å². The van der Waals surface area contributed by atoms with E-state index >= 15 is 0 Å². The van der Waals surface area contributed by atoms with Crippen LogP contribution in [0.1, 0.15) is 132 Å². The first-order chi connectivity index (χ1) is 25.8. The molecule has 0 aromatic heterocycles. The van der Waals surface area contributed by atoms with Crippen molar-refractivity contribution in [1.82, 2.24) is 0 Å². The standard InChI is InChI=1S/2C26H27F/c1-18-5-7-22(8-6-18)9-12-24-13-10-23(17-26(24)27)11-14-25-20(3)15-19(2)16-21(25)4;1-18-5-7-22(8-6-18)11-13-25-14-12-23(17-26(25)27)9-10-24-15-19(2)21(4)20(3)16-24/h10,13,15-18,22H,5-8H2,1-4H3;12,14-18,22H,5-8H2,1-4H3. The largest absolute Gasteiger partial charge is 0.206 e. The zero-order valence-corrected chi connectivity index (χ0v) is 33.5. The smallest absolute Gasteiger partial charge is 0.140 e. The lowest BCUT2D eigenvalue weighted by Crippen LogP contribution is -2.10. The molecule has 0 heterocycles. The van der Waals surface area contributed by atoms with Gasteiger partial charge in [0.2, 0.25) is 0 Å². The van der Waals surface area contributed by atoms with Crippen LogP contribution in [0.15, 0.2) is 60.7 Å². The average molecular weight is 717 g/mol. The molecule has 0 nitrogen and oxygen atoms in total. The molecule has 2 aliphatic carbocycles. The summed E-state index contributed by atoms with van der Waals surface area (Å²) in [5.41, 5.74) is 11.6. The van der Waals surface area contributed by atoms with Gasteiger partial charge in [-0.05, 0) is 181 Å². The van der Waals surface area contributed by atoms with Crippen LogP contribution < -0.4 is 0 Å². The molecule has 0 unspecified atom stereocenters. The topological polar surface area (TPSA) is 0 Å². The number of halogens is 2. The van der Waals surface area contributed by atoms with Gasteiger partial charge in [-0.1, -0.05) is 78.9 Å². The van der Waals surface area contributed by atoms with Crippen LogP contribution in [0.25, 0.3) is 0 Å². The van der Waals surface area contributed by atoms with Gasteiger partial charge in [-0.3, -0.25) is 0 Å². The van der Waals surface area contributed by atoms with E-state index in [4.69, 9.17) is 0 Å². The fraction of sp³-hybridized carbons (Fsp3) is 0.385. The predicted molar refractivity (Wildman–Crippen MR) is 222 cm³/mol. The van der Waals surface area contributed by atoms with Gasteiger partial charge < -0.3 is 0 Å². The molecule has 54 heavy (non-hydrogen) atoms. The highest BCUT2D eigenvalue weighted by atomic mass is 19.1. The van der Waals surface area contributed by atoms with Crippen molar-refractivity contribution in [2.45, 2.75) is 107 Å². The third kappa shape index (κ3) is 11.5. The van der Waals surface area contributed by atoms with Gasteiger partial charge in [-0.25, -0.2) is 8.78 Å². The fourth-order valence-corrected chi connectivity index (χ4v) is 7.32. The second-order valence-electron chi connectivity index (χ2n) is 15.9. The van der Waals surface area contributed by atoms with Crippen molar-refractivity contribution in [3.05, 3.63) is 139 Å². The average Bonchev–Trinajstić information content (AvgIpc) is 3.13. The zero-order valence-electron chi connectivity index (χ0n) is 33.5. The molecular formula is C52H54F2. The Labute approximate surface area is 324 Å². The highest BCUT2D eigenvalue weighted by Crippen LogP contribution is 2.29. The van der Waals surface area contributed by atoms with Crippen molar-refractivity contribution in [2.75, 3.05) is 0 Å². The van der Waals surface area contributed by atoms with Crippen molar-refractivity contribution in [3.8, 4) is 47.4 Å². The van der Waals surface area contributed by atoms with Gasteiger partial charge in [0.25, 0.3) is 0 Å². The van der Waals surface area contributed by atoms with Gasteiger partial charge in [0.15, 0.2) is 0 Å². The van der Waals surface area contributed by atoms with Crippen LogP contribution in [0.5, 0.6) is 0 Å². The molecule has 2 heteroatoms. The summed E-state index contributed by atoms with van der Waals surface area (Å²) in [6.45, 7) is 17.1. The highest BCUT2D eigenvalue weighted by Gasteiger charge is 2.17. The van der Waals surface area contributed by atoms with Crippen molar-refractivity contribution in [1.29, 1.82) is 0 Å². The Morgan fingerprint density at radius 1 is 0.444 bits per heavy atom. The number of benzene rings is 4. The number of hydrogen-bond acceptors (Lipinski definition) is 0. The summed E-state index contributed by atoms with van der Waals surface area (Å²) in [5.74, 6) is 27.0. The van der Waals surface area contributed by atoms with Crippen molar-refractivity contribution in [3.63, 3.8) is 0 Å². The molecule has 2 saturated carbocycles. The van der Waals surface area contributed by atoms with E-state index < -0.39 is 0 Å². The number of rotatable bonds is 0. The maximum atomic E-state index is 14.4. The van der Waals surface area contributed by atoms with Gasteiger partial charge in [0, 0.05) is 34.1 Å². The SMILES string of the molecule is Cc1cc(C#Cc2ccc(C#CC3CCC(C)CC3)c(F)c2)cc(C)c1C.Cc1cc(C)c(C#Cc2ccc(C#CC3CCC(C)CC3)c(F)c2)c(C)c1. The van der Waals surface area contributed by atoms with E-state index in [1.807, 2.05) is 12.1 Å². The first-order valence-corrected chi connectivity index (χ1v) is 19.7. The molecule has 4 aromatic rings. The van der Waals surface area contributed by atoms with E-state index in [0.717, 1.165) is 59.8 Å². The molecule has 0 atom stereocenters. The highest BCUT2D eigenvalue weighted by molar-refractivity contribution is 5.53. The summed E-state index contributed by atoms with van der Waals surface area (Å²) in [6.07, 6.45) is 9.46. The molecule has 0 saturated heterocycles. The molecule has 276 valence electrons. The third-order valence-corrected chi connectivity index (χ3v) is 11.1. The zero-order chi connectivity index (χ0) is 38.8. The third-order valence-electron chi connectivity index (χ3n) is 11.1. The van der Waals surface area contributed by atoms with E-state index in [1.54, 1.807) is 12.1 Å². The second-order valence-corrected chi connectivity index (χ2v) is 15.9. The molecular weight excluding hydrogens is 663 g/mol. The Kier molecular flexibility index (Phi) is 14.0. The van der Waals surface area contributed by atoms with Crippen LogP contribution in [0.3, 0.4) is 0 Å². The molecule has 2 aliphatic rings. The Morgan fingerprint density at radius 2 is 0.852 bits per heavy atom. The van der Waals surface area contributed by atoms with Crippen LogP contribution in [-0.4, -0.2) is 0 Å². The minimum Gasteiger partial charge on any atom is -0.206 e.